The highest BCUT2D eigenvalue weighted by Crippen LogP contribution is 2.30. The molecular weight excluding hydrogens is 266 g/mol. The van der Waals surface area contributed by atoms with Gasteiger partial charge in [-0.15, -0.1) is 0 Å². The molecule has 0 saturated carbocycles. The van der Waals surface area contributed by atoms with Crippen LogP contribution < -0.4 is 4.90 Å². The van der Waals surface area contributed by atoms with E-state index in [1.807, 2.05) is 0 Å². The summed E-state index contributed by atoms with van der Waals surface area (Å²) in [6.07, 6.45) is 2.45. The number of rotatable bonds is 2. The molecule has 0 fully saturated rings. The van der Waals surface area contributed by atoms with Crippen LogP contribution in [0.15, 0.2) is 36.7 Å². The monoisotopic (exact) mass is 274 g/mol. The Labute approximate surface area is 112 Å². The van der Waals surface area contributed by atoms with Gasteiger partial charge in [0.2, 0.25) is 0 Å². The molecule has 0 aliphatic carbocycles. The Bertz CT molecular complexity index is 731. The average Bonchev–Trinajstić information content (AvgIpc) is 2.64. The zero-order valence-electron chi connectivity index (χ0n) is 10.1. The molecule has 1 aliphatic rings. The fourth-order valence-corrected chi connectivity index (χ4v) is 2.15. The summed E-state index contributed by atoms with van der Waals surface area (Å²) in [7, 11) is 0. The van der Waals surface area contributed by atoms with Crippen LogP contribution in [0.2, 0.25) is 0 Å². The van der Waals surface area contributed by atoms with Crippen LogP contribution >= 0.6 is 0 Å². The maximum atomic E-state index is 13.1. The van der Waals surface area contributed by atoms with E-state index in [1.54, 1.807) is 0 Å². The molecule has 1 amide bonds. The van der Waals surface area contributed by atoms with Crippen molar-refractivity contribution in [2.24, 2.45) is 0 Å². The lowest BCUT2D eigenvalue weighted by atomic mass is 10.1. The molecule has 1 aromatic carbocycles. The molecule has 1 aromatic heterocycles. The molecule has 0 N–H and O–H groups in total. The van der Waals surface area contributed by atoms with E-state index in [0.717, 1.165) is 12.3 Å². The summed E-state index contributed by atoms with van der Waals surface area (Å²) < 4.78 is 26.2. The second-order valence-corrected chi connectivity index (χ2v) is 4.39. The third-order valence-corrected chi connectivity index (χ3v) is 3.04. The van der Waals surface area contributed by atoms with Gasteiger partial charge in [-0.25, -0.2) is 8.78 Å². The normalized spacial score (nSPS) is 13.8. The standard InChI is InChI=1S/C14H8F2N2O2/c15-9-1-2-12-11(4-9)13(19)14(20)18(12)7-8-3-10(16)6-17-5-8/h1-6H,7H2. The van der Waals surface area contributed by atoms with Gasteiger partial charge in [0.05, 0.1) is 24.0 Å². The van der Waals surface area contributed by atoms with Crippen molar-refractivity contribution in [1.29, 1.82) is 0 Å². The van der Waals surface area contributed by atoms with Gasteiger partial charge in [0, 0.05) is 6.20 Å². The van der Waals surface area contributed by atoms with Crippen molar-refractivity contribution in [1.82, 2.24) is 4.98 Å². The lowest BCUT2D eigenvalue weighted by molar-refractivity contribution is -0.114. The second kappa shape index (κ2) is 4.48. The molecule has 0 spiro atoms. The Morgan fingerprint density at radius 3 is 2.60 bits per heavy atom. The Kier molecular flexibility index (Phi) is 2.78. The summed E-state index contributed by atoms with van der Waals surface area (Å²) in [6.45, 7) is 0.00790. The van der Waals surface area contributed by atoms with Crippen LogP contribution in [0.4, 0.5) is 14.5 Å². The van der Waals surface area contributed by atoms with Crippen LogP contribution in [-0.2, 0) is 11.3 Å². The van der Waals surface area contributed by atoms with E-state index >= 15 is 0 Å². The summed E-state index contributed by atoms with van der Waals surface area (Å²) in [5.74, 6) is -2.63. The van der Waals surface area contributed by atoms with Crippen molar-refractivity contribution < 1.29 is 18.4 Å². The molecule has 3 rings (SSSR count). The average molecular weight is 274 g/mol. The summed E-state index contributed by atoms with van der Waals surface area (Å²) in [6, 6.07) is 4.79. The molecule has 0 unspecified atom stereocenters. The number of pyridine rings is 1. The van der Waals surface area contributed by atoms with Crippen molar-refractivity contribution in [2.75, 3.05) is 4.90 Å². The zero-order chi connectivity index (χ0) is 14.3. The zero-order valence-corrected chi connectivity index (χ0v) is 10.1. The van der Waals surface area contributed by atoms with Crippen molar-refractivity contribution in [3.05, 3.63) is 59.4 Å². The number of Topliss-reactive ketones (excluding diaryl/α,β-unsaturated/α-hetero) is 1. The fraction of sp³-hybridized carbons (Fsp3) is 0.0714. The number of carbonyl (C=O) groups is 2. The highest BCUT2D eigenvalue weighted by molar-refractivity contribution is 6.52. The van der Waals surface area contributed by atoms with Crippen LogP contribution in [-0.4, -0.2) is 16.7 Å². The Morgan fingerprint density at radius 1 is 1.05 bits per heavy atom. The second-order valence-electron chi connectivity index (χ2n) is 4.39. The number of ketones is 1. The Balaban J connectivity index is 1.99. The number of nitrogens with zero attached hydrogens (tertiary/aromatic N) is 2. The number of hydrogen-bond donors (Lipinski definition) is 0. The number of hydrogen-bond acceptors (Lipinski definition) is 3. The topological polar surface area (TPSA) is 50.3 Å². The number of amides is 1. The first kappa shape index (κ1) is 12.4. The number of benzene rings is 1. The van der Waals surface area contributed by atoms with Gasteiger partial charge in [-0.2, -0.15) is 0 Å². The van der Waals surface area contributed by atoms with Gasteiger partial charge in [-0.3, -0.25) is 14.6 Å². The number of anilines is 1. The quantitative estimate of drug-likeness (QED) is 0.788. The molecule has 20 heavy (non-hydrogen) atoms. The van der Waals surface area contributed by atoms with Crippen LogP contribution in [0, 0.1) is 11.6 Å². The third kappa shape index (κ3) is 1.95. The van der Waals surface area contributed by atoms with Gasteiger partial charge < -0.3 is 4.90 Å². The van der Waals surface area contributed by atoms with Gasteiger partial charge in [0.1, 0.15) is 11.6 Å². The van der Waals surface area contributed by atoms with Crippen molar-refractivity contribution in [3.8, 4) is 0 Å². The van der Waals surface area contributed by atoms with Gasteiger partial charge in [0.15, 0.2) is 0 Å². The summed E-state index contributed by atoms with van der Waals surface area (Å²) in [4.78, 5) is 28.5. The molecule has 2 heterocycles. The number of halogens is 2. The van der Waals surface area contributed by atoms with Crippen molar-refractivity contribution in [2.45, 2.75) is 6.54 Å². The van der Waals surface area contributed by atoms with E-state index < -0.39 is 23.3 Å². The minimum atomic E-state index is -0.760. The van der Waals surface area contributed by atoms with E-state index in [0.29, 0.717) is 11.3 Å². The smallest absolute Gasteiger partial charge is 0.299 e. The van der Waals surface area contributed by atoms with E-state index in [-0.39, 0.29) is 12.1 Å². The van der Waals surface area contributed by atoms with Gasteiger partial charge in [-0.1, -0.05) is 0 Å². The fourth-order valence-electron chi connectivity index (χ4n) is 2.15. The maximum absolute atomic E-state index is 13.1. The first-order chi connectivity index (χ1) is 9.56. The van der Waals surface area contributed by atoms with E-state index in [2.05, 4.69) is 4.98 Å². The van der Waals surface area contributed by atoms with E-state index in [9.17, 15) is 18.4 Å². The minimum Gasteiger partial charge on any atom is -0.300 e. The number of fused-ring (bicyclic) bond motifs is 1. The predicted octanol–water partition coefficient (Wildman–Crippen LogP) is 2.09. The molecule has 4 nitrogen and oxygen atoms in total. The molecule has 1 aliphatic heterocycles. The largest absolute Gasteiger partial charge is 0.300 e. The molecule has 0 radical (unpaired) electrons. The Hall–Kier alpha value is -2.63. The van der Waals surface area contributed by atoms with Crippen molar-refractivity contribution >= 4 is 17.4 Å². The van der Waals surface area contributed by atoms with Gasteiger partial charge in [-0.05, 0) is 29.8 Å². The lowest BCUT2D eigenvalue weighted by Crippen LogP contribution is -2.29. The van der Waals surface area contributed by atoms with Crippen LogP contribution in [0.25, 0.3) is 0 Å². The Morgan fingerprint density at radius 2 is 1.85 bits per heavy atom. The first-order valence-electron chi connectivity index (χ1n) is 5.81. The summed E-state index contributed by atoms with van der Waals surface area (Å²) in [5.41, 5.74) is 0.799. The first-order valence-corrected chi connectivity index (χ1v) is 5.81. The molecule has 100 valence electrons. The van der Waals surface area contributed by atoms with Crippen LogP contribution in [0.3, 0.4) is 0 Å². The van der Waals surface area contributed by atoms with Gasteiger partial charge in [0.25, 0.3) is 11.7 Å². The number of aromatic nitrogens is 1. The summed E-state index contributed by atoms with van der Waals surface area (Å²) >= 11 is 0. The molecular formula is C14H8F2N2O2. The molecule has 2 aromatic rings. The number of carbonyl (C=O) groups excluding carboxylic acids is 2. The molecule has 0 bridgehead atoms. The van der Waals surface area contributed by atoms with Crippen LogP contribution in [0.1, 0.15) is 15.9 Å². The van der Waals surface area contributed by atoms with E-state index in [1.165, 1.54) is 29.3 Å². The van der Waals surface area contributed by atoms with Crippen molar-refractivity contribution in [3.63, 3.8) is 0 Å². The SMILES string of the molecule is O=C1C(=O)N(Cc2cncc(F)c2)c2ccc(F)cc21. The third-order valence-electron chi connectivity index (χ3n) is 3.04. The highest BCUT2D eigenvalue weighted by atomic mass is 19.1. The van der Waals surface area contributed by atoms with Crippen LogP contribution in [0.5, 0.6) is 0 Å². The minimum absolute atomic E-state index is 0.00790. The van der Waals surface area contributed by atoms with E-state index in [4.69, 9.17) is 0 Å². The maximum Gasteiger partial charge on any atom is 0.299 e. The lowest BCUT2D eigenvalue weighted by Gasteiger charge is -2.16. The summed E-state index contributed by atoms with van der Waals surface area (Å²) in [5, 5.41) is 0. The van der Waals surface area contributed by atoms with Gasteiger partial charge >= 0.3 is 0 Å². The highest BCUT2D eigenvalue weighted by Gasteiger charge is 2.36. The molecule has 0 atom stereocenters. The molecule has 0 saturated heterocycles. The molecule has 6 heteroatoms. The predicted molar refractivity (Wildman–Crippen MR) is 66.1 cm³/mol.